The Labute approximate surface area is 61.5 Å². The maximum atomic E-state index is 10.4. The fourth-order valence-electron chi connectivity index (χ4n) is 0.503. The Bertz CT molecular complexity index is 93.6. The number of Topliss-reactive ketones (excluding diaryl/α,β-unsaturated/α-hetero) is 1. The molecule has 0 radical (unpaired) electrons. The summed E-state index contributed by atoms with van der Waals surface area (Å²) in [5, 5.41) is 0. The Morgan fingerprint density at radius 2 is 2.20 bits per heavy atom. The van der Waals surface area contributed by atoms with Crippen molar-refractivity contribution in [1.82, 2.24) is 0 Å². The van der Waals surface area contributed by atoms with Crippen LogP contribution < -0.4 is 5.73 Å². The first-order chi connectivity index (χ1) is 4.77. The van der Waals surface area contributed by atoms with Crippen LogP contribution in [0.2, 0.25) is 0 Å². The third kappa shape index (κ3) is 7.59. The largest absolute Gasteiger partial charge is 0.381 e. The molecular formula is C7H15NO2. The van der Waals surface area contributed by atoms with Gasteiger partial charge in [-0.15, -0.1) is 0 Å². The molecule has 0 saturated carbocycles. The zero-order valence-corrected chi connectivity index (χ0v) is 6.43. The third-order valence-electron chi connectivity index (χ3n) is 1.09. The number of hydrogen-bond acceptors (Lipinski definition) is 3. The maximum absolute atomic E-state index is 10.4. The van der Waals surface area contributed by atoms with Crippen molar-refractivity contribution in [2.75, 3.05) is 19.8 Å². The van der Waals surface area contributed by atoms with E-state index in [-0.39, 0.29) is 5.78 Å². The van der Waals surface area contributed by atoms with E-state index in [0.29, 0.717) is 26.2 Å². The van der Waals surface area contributed by atoms with Gasteiger partial charge in [-0.3, -0.25) is 4.79 Å². The van der Waals surface area contributed by atoms with Crippen molar-refractivity contribution >= 4 is 5.78 Å². The minimum absolute atomic E-state index is 0.174. The van der Waals surface area contributed by atoms with Crippen LogP contribution in [0.5, 0.6) is 0 Å². The van der Waals surface area contributed by atoms with E-state index in [9.17, 15) is 4.79 Å². The summed E-state index contributed by atoms with van der Waals surface area (Å²) in [6, 6.07) is 0. The molecule has 0 aliphatic rings. The monoisotopic (exact) mass is 145 g/mol. The van der Waals surface area contributed by atoms with Crippen LogP contribution in [0.1, 0.15) is 19.8 Å². The molecule has 0 aromatic heterocycles. The number of rotatable bonds is 6. The van der Waals surface area contributed by atoms with Gasteiger partial charge in [-0.1, -0.05) is 0 Å². The molecule has 0 aromatic rings. The maximum Gasteiger partial charge on any atom is 0.132 e. The van der Waals surface area contributed by atoms with Gasteiger partial charge in [0.1, 0.15) is 5.78 Å². The van der Waals surface area contributed by atoms with E-state index in [1.165, 1.54) is 0 Å². The van der Waals surface area contributed by atoms with Crippen LogP contribution in [-0.4, -0.2) is 25.5 Å². The van der Waals surface area contributed by atoms with E-state index in [2.05, 4.69) is 0 Å². The van der Waals surface area contributed by atoms with Gasteiger partial charge in [0.25, 0.3) is 0 Å². The molecule has 10 heavy (non-hydrogen) atoms. The molecule has 0 spiro atoms. The van der Waals surface area contributed by atoms with Gasteiger partial charge >= 0.3 is 0 Å². The van der Waals surface area contributed by atoms with Crippen LogP contribution >= 0.6 is 0 Å². The smallest absolute Gasteiger partial charge is 0.132 e. The number of nitrogens with two attached hydrogens (primary N) is 1. The van der Waals surface area contributed by atoms with Gasteiger partial charge in [0, 0.05) is 13.0 Å². The first-order valence-electron chi connectivity index (χ1n) is 3.54. The van der Waals surface area contributed by atoms with Crippen molar-refractivity contribution in [1.29, 1.82) is 0 Å². The van der Waals surface area contributed by atoms with E-state index in [0.717, 1.165) is 6.42 Å². The summed E-state index contributed by atoms with van der Waals surface area (Å²) in [7, 11) is 0. The van der Waals surface area contributed by atoms with Crippen LogP contribution in [0.15, 0.2) is 0 Å². The standard InChI is InChI=1S/C7H15NO2/c1-7(9)3-6-10-5-2-4-8/h2-6,8H2,1H3. The summed E-state index contributed by atoms with van der Waals surface area (Å²) in [5.74, 6) is 0.174. The minimum Gasteiger partial charge on any atom is -0.381 e. The molecule has 0 heterocycles. The highest BCUT2D eigenvalue weighted by atomic mass is 16.5. The molecule has 0 amide bonds. The number of carbonyl (C=O) groups excluding carboxylic acids is 1. The van der Waals surface area contributed by atoms with Crippen molar-refractivity contribution in [3.8, 4) is 0 Å². The predicted molar refractivity (Wildman–Crippen MR) is 39.8 cm³/mol. The zero-order valence-electron chi connectivity index (χ0n) is 6.43. The quantitative estimate of drug-likeness (QED) is 0.548. The minimum atomic E-state index is 0.174. The van der Waals surface area contributed by atoms with Crippen molar-refractivity contribution in [2.24, 2.45) is 5.73 Å². The molecule has 2 N–H and O–H groups in total. The highest BCUT2D eigenvalue weighted by Crippen LogP contribution is 1.85. The second-order valence-electron chi connectivity index (χ2n) is 2.21. The van der Waals surface area contributed by atoms with E-state index in [1.54, 1.807) is 6.92 Å². The highest BCUT2D eigenvalue weighted by molar-refractivity contribution is 5.75. The SMILES string of the molecule is CC(=O)CCOCCCN. The number of carbonyl (C=O) groups is 1. The molecule has 0 fully saturated rings. The lowest BCUT2D eigenvalue weighted by Gasteiger charge is -1.99. The van der Waals surface area contributed by atoms with E-state index < -0.39 is 0 Å². The van der Waals surface area contributed by atoms with Gasteiger partial charge < -0.3 is 10.5 Å². The molecule has 3 nitrogen and oxygen atoms in total. The second kappa shape index (κ2) is 6.71. The lowest BCUT2D eigenvalue weighted by molar-refractivity contribution is -0.118. The summed E-state index contributed by atoms with van der Waals surface area (Å²) in [6.07, 6.45) is 1.39. The van der Waals surface area contributed by atoms with Gasteiger partial charge in [-0.05, 0) is 19.9 Å². The summed E-state index contributed by atoms with van der Waals surface area (Å²) in [5.41, 5.74) is 5.22. The molecule has 0 aliphatic heterocycles. The fraction of sp³-hybridized carbons (Fsp3) is 0.857. The molecule has 3 heteroatoms. The second-order valence-corrected chi connectivity index (χ2v) is 2.21. The third-order valence-corrected chi connectivity index (χ3v) is 1.09. The fourth-order valence-corrected chi connectivity index (χ4v) is 0.503. The Morgan fingerprint density at radius 3 is 2.70 bits per heavy atom. The Kier molecular flexibility index (Phi) is 6.43. The summed E-state index contributed by atoms with van der Waals surface area (Å²) >= 11 is 0. The van der Waals surface area contributed by atoms with Gasteiger partial charge in [0.15, 0.2) is 0 Å². The van der Waals surface area contributed by atoms with Crippen LogP contribution in [0.3, 0.4) is 0 Å². The average Bonchev–Trinajstić information content (AvgIpc) is 1.87. The summed E-state index contributed by atoms with van der Waals surface area (Å²) in [6.45, 7) is 3.42. The zero-order chi connectivity index (χ0) is 7.82. The molecule has 0 unspecified atom stereocenters. The van der Waals surface area contributed by atoms with Crippen molar-refractivity contribution in [2.45, 2.75) is 19.8 Å². The normalized spacial score (nSPS) is 9.80. The number of hydrogen-bond donors (Lipinski definition) is 1. The Hall–Kier alpha value is -0.410. The Balaban J connectivity index is 2.84. The van der Waals surface area contributed by atoms with Gasteiger partial charge in [-0.25, -0.2) is 0 Å². The van der Waals surface area contributed by atoms with E-state index in [1.807, 2.05) is 0 Å². The van der Waals surface area contributed by atoms with Crippen molar-refractivity contribution in [3.05, 3.63) is 0 Å². The molecule has 0 atom stereocenters. The molecule has 0 saturated heterocycles. The van der Waals surface area contributed by atoms with Crippen LogP contribution in [0.4, 0.5) is 0 Å². The lowest BCUT2D eigenvalue weighted by Crippen LogP contribution is -2.06. The van der Waals surface area contributed by atoms with Crippen LogP contribution in [0.25, 0.3) is 0 Å². The Morgan fingerprint density at radius 1 is 1.50 bits per heavy atom. The van der Waals surface area contributed by atoms with Crippen LogP contribution in [0, 0.1) is 0 Å². The number of ketones is 1. The van der Waals surface area contributed by atoms with Crippen molar-refractivity contribution < 1.29 is 9.53 Å². The molecule has 0 rings (SSSR count). The topological polar surface area (TPSA) is 52.3 Å². The lowest BCUT2D eigenvalue weighted by atomic mass is 10.3. The van der Waals surface area contributed by atoms with Gasteiger partial charge in [0.2, 0.25) is 0 Å². The molecule has 0 bridgehead atoms. The number of ether oxygens (including phenoxy) is 1. The van der Waals surface area contributed by atoms with E-state index >= 15 is 0 Å². The van der Waals surface area contributed by atoms with Crippen LogP contribution in [-0.2, 0) is 9.53 Å². The van der Waals surface area contributed by atoms with Gasteiger partial charge in [0.05, 0.1) is 6.61 Å². The highest BCUT2D eigenvalue weighted by Gasteiger charge is 1.91. The first-order valence-corrected chi connectivity index (χ1v) is 3.54. The molecule has 0 aliphatic carbocycles. The van der Waals surface area contributed by atoms with Gasteiger partial charge in [-0.2, -0.15) is 0 Å². The first kappa shape index (κ1) is 9.59. The molecular weight excluding hydrogens is 130 g/mol. The molecule has 0 aromatic carbocycles. The summed E-state index contributed by atoms with van der Waals surface area (Å²) in [4.78, 5) is 10.4. The summed E-state index contributed by atoms with van der Waals surface area (Å²) < 4.78 is 5.08. The van der Waals surface area contributed by atoms with Crippen molar-refractivity contribution in [3.63, 3.8) is 0 Å². The molecule has 60 valence electrons. The average molecular weight is 145 g/mol. The predicted octanol–water partition coefficient (Wildman–Crippen LogP) is 0.331. The van der Waals surface area contributed by atoms with E-state index in [4.69, 9.17) is 10.5 Å².